The highest BCUT2D eigenvalue weighted by molar-refractivity contribution is 8.26. The molecule has 0 spiro atoms. The Morgan fingerprint density at radius 2 is 2.08 bits per heavy atom. The number of pyridine rings is 1. The smallest absolute Gasteiger partial charge is 0.307 e. The van der Waals surface area contributed by atoms with Gasteiger partial charge in [-0.3, -0.25) is 9.78 Å². The van der Waals surface area contributed by atoms with Crippen LogP contribution in [-0.2, 0) is 4.79 Å². The average molecular weight is 425 g/mol. The van der Waals surface area contributed by atoms with E-state index in [1.54, 1.807) is 36.7 Å². The van der Waals surface area contributed by atoms with Gasteiger partial charge in [0.15, 0.2) is 4.32 Å². The summed E-state index contributed by atoms with van der Waals surface area (Å²) >= 11 is 18.0. The molecule has 1 fully saturated rings. The molecule has 132 valence electrons. The zero-order valence-corrected chi connectivity index (χ0v) is 16.0. The standard InChI is InChI=1S/C16H10Cl2N4O2S2/c17-11-4-3-10(7-12(11)18)20-15(24)21-22-14(23)13(26-16(22)25)6-9-2-1-5-19-8-9/h1-8H,(H2,20,21,24)/b13-6+. The molecule has 1 aliphatic rings. The van der Waals surface area contributed by atoms with E-state index < -0.39 is 11.9 Å². The van der Waals surface area contributed by atoms with Crippen molar-refractivity contribution in [2.45, 2.75) is 0 Å². The van der Waals surface area contributed by atoms with Crippen molar-refractivity contribution in [2.75, 3.05) is 5.32 Å². The number of carbonyl (C=O) groups is 2. The highest BCUT2D eigenvalue weighted by Crippen LogP contribution is 2.31. The van der Waals surface area contributed by atoms with Crippen LogP contribution < -0.4 is 10.7 Å². The second kappa shape index (κ2) is 8.05. The number of amides is 3. The van der Waals surface area contributed by atoms with Crippen molar-refractivity contribution >= 4 is 75.2 Å². The summed E-state index contributed by atoms with van der Waals surface area (Å²) in [6.45, 7) is 0. The summed E-state index contributed by atoms with van der Waals surface area (Å²) in [5.41, 5.74) is 3.60. The fourth-order valence-electron chi connectivity index (χ4n) is 2.01. The minimum atomic E-state index is -0.637. The zero-order valence-electron chi connectivity index (χ0n) is 12.9. The van der Waals surface area contributed by atoms with E-state index in [1.165, 1.54) is 6.07 Å². The van der Waals surface area contributed by atoms with Gasteiger partial charge >= 0.3 is 6.03 Å². The van der Waals surface area contributed by atoms with Crippen LogP contribution in [0.25, 0.3) is 6.08 Å². The largest absolute Gasteiger partial charge is 0.338 e. The maximum Gasteiger partial charge on any atom is 0.338 e. The lowest BCUT2D eigenvalue weighted by atomic mass is 10.2. The number of hydrogen-bond donors (Lipinski definition) is 2. The Morgan fingerprint density at radius 1 is 1.27 bits per heavy atom. The second-order valence-corrected chi connectivity index (χ2v) is 7.49. The predicted molar refractivity (Wildman–Crippen MR) is 108 cm³/mol. The molecule has 0 atom stereocenters. The van der Waals surface area contributed by atoms with E-state index in [2.05, 4.69) is 15.7 Å². The summed E-state index contributed by atoms with van der Waals surface area (Å²) in [7, 11) is 0. The molecule has 0 saturated carbocycles. The summed E-state index contributed by atoms with van der Waals surface area (Å²) in [6, 6.07) is 7.56. The first-order chi connectivity index (χ1) is 12.4. The summed E-state index contributed by atoms with van der Waals surface area (Å²) in [5.74, 6) is -0.423. The molecule has 1 saturated heterocycles. The van der Waals surface area contributed by atoms with Gasteiger partial charge in [0, 0.05) is 18.1 Å². The Labute approximate surface area is 168 Å². The monoisotopic (exact) mass is 424 g/mol. The molecule has 6 nitrogen and oxygen atoms in total. The van der Waals surface area contributed by atoms with Crippen LogP contribution in [0.5, 0.6) is 0 Å². The molecule has 0 unspecified atom stereocenters. The quantitative estimate of drug-likeness (QED) is 0.566. The van der Waals surface area contributed by atoms with Gasteiger partial charge in [-0.25, -0.2) is 10.2 Å². The number of thioether (sulfide) groups is 1. The molecule has 1 aromatic carbocycles. The number of hydrogen-bond acceptors (Lipinski definition) is 5. The molecule has 2 heterocycles. The Hall–Kier alpha value is -2.13. The third-order valence-electron chi connectivity index (χ3n) is 3.17. The van der Waals surface area contributed by atoms with Crippen molar-refractivity contribution in [1.29, 1.82) is 0 Å². The molecule has 2 N–H and O–H groups in total. The van der Waals surface area contributed by atoms with E-state index >= 15 is 0 Å². The fourth-order valence-corrected chi connectivity index (χ4v) is 3.49. The Kier molecular flexibility index (Phi) is 5.77. The first-order valence-corrected chi connectivity index (χ1v) is 9.13. The zero-order chi connectivity index (χ0) is 18.7. The number of halogens is 2. The van der Waals surface area contributed by atoms with E-state index in [1.807, 2.05) is 6.07 Å². The van der Waals surface area contributed by atoms with E-state index in [-0.39, 0.29) is 4.32 Å². The molecular weight excluding hydrogens is 415 g/mol. The lowest BCUT2D eigenvalue weighted by Crippen LogP contribution is -2.46. The highest BCUT2D eigenvalue weighted by atomic mass is 35.5. The molecule has 1 aromatic heterocycles. The van der Waals surface area contributed by atoms with Crippen molar-refractivity contribution in [3.8, 4) is 0 Å². The summed E-state index contributed by atoms with van der Waals surface area (Å²) in [6.07, 6.45) is 4.92. The van der Waals surface area contributed by atoms with Crippen molar-refractivity contribution < 1.29 is 9.59 Å². The number of hydrazine groups is 1. The molecule has 0 bridgehead atoms. The third-order valence-corrected chi connectivity index (χ3v) is 5.21. The number of nitrogens with one attached hydrogen (secondary N) is 2. The molecule has 10 heteroatoms. The summed E-state index contributed by atoms with van der Waals surface area (Å²) in [4.78, 5) is 29.0. The van der Waals surface area contributed by atoms with Crippen LogP contribution in [0.15, 0.2) is 47.6 Å². The third kappa shape index (κ3) is 4.34. The number of nitrogens with zero attached hydrogens (tertiary/aromatic N) is 2. The Bertz CT molecular complexity index is 922. The minimum absolute atomic E-state index is 0.217. The maximum absolute atomic E-state index is 12.5. The number of urea groups is 1. The molecule has 2 aromatic rings. The number of aromatic nitrogens is 1. The normalized spacial score (nSPS) is 15.5. The van der Waals surface area contributed by atoms with Crippen molar-refractivity contribution in [3.05, 3.63) is 63.2 Å². The Balaban J connectivity index is 1.68. The van der Waals surface area contributed by atoms with Crippen molar-refractivity contribution in [2.24, 2.45) is 0 Å². The second-order valence-electron chi connectivity index (χ2n) is 5.00. The highest BCUT2D eigenvalue weighted by Gasteiger charge is 2.33. The van der Waals surface area contributed by atoms with E-state index in [4.69, 9.17) is 35.4 Å². The van der Waals surface area contributed by atoms with Crippen LogP contribution in [0.2, 0.25) is 10.0 Å². The number of thiocarbonyl (C=S) groups is 1. The lowest BCUT2D eigenvalue weighted by molar-refractivity contribution is -0.123. The lowest BCUT2D eigenvalue weighted by Gasteiger charge is -2.16. The minimum Gasteiger partial charge on any atom is -0.307 e. The van der Waals surface area contributed by atoms with E-state index in [9.17, 15) is 9.59 Å². The van der Waals surface area contributed by atoms with Gasteiger partial charge in [-0.15, -0.1) is 0 Å². The molecule has 26 heavy (non-hydrogen) atoms. The number of rotatable bonds is 3. The van der Waals surface area contributed by atoms with Crippen LogP contribution in [-0.4, -0.2) is 26.3 Å². The van der Waals surface area contributed by atoms with Gasteiger partial charge in [0.05, 0.1) is 15.0 Å². The topological polar surface area (TPSA) is 74.3 Å². The summed E-state index contributed by atoms with van der Waals surface area (Å²) in [5, 5.41) is 4.24. The number of carbonyl (C=O) groups excluding carboxylic acids is 2. The van der Waals surface area contributed by atoms with Crippen LogP contribution >= 0.6 is 47.2 Å². The molecule has 3 amide bonds. The van der Waals surface area contributed by atoms with Crippen LogP contribution in [0.3, 0.4) is 0 Å². The predicted octanol–water partition coefficient (Wildman–Crippen LogP) is 4.33. The Morgan fingerprint density at radius 3 is 2.77 bits per heavy atom. The SMILES string of the molecule is O=C(Nc1ccc(Cl)c(Cl)c1)NN1C(=O)/C(=C\c2cccnc2)SC1=S. The number of benzene rings is 1. The van der Waals surface area contributed by atoms with Crippen LogP contribution in [0, 0.1) is 0 Å². The summed E-state index contributed by atoms with van der Waals surface area (Å²) < 4.78 is 0.217. The molecular formula is C16H10Cl2N4O2S2. The van der Waals surface area contributed by atoms with Crippen molar-refractivity contribution in [3.63, 3.8) is 0 Å². The average Bonchev–Trinajstić information content (AvgIpc) is 2.86. The first kappa shape index (κ1) is 18.7. The van der Waals surface area contributed by atoms with E-state index in [0.717, 1.165) is 22.3 Å². The molecule has 3 rings (SSSR count). The first-order valence-electron chi connectivity index (χ1n) is 7.15. The van der Waals surface area contributed by atoms with Gasteiger partial charge in [-0.2, -0.15) is 5.01 Å². The molecule has 0 radical (unpaired) electrons. The van der Waals surface area contributed by atoms with E-state index in [0.29, 0.717) is 20.6 Å². The van der Waals surface area contributed by atoms with Gasteiger partial charge < -0.3 is 5.32 Å². The van der Waals surface area contributed by atoms with Crippen LogP contribution in [0.1, 0.15) is 5.56 Å². The van der Waals surface area contributed by atoms with Gasteiger partial charge in [0.2, 0.25) is 0 Å². The molecule has 0 aliphatic carbocycles. The van der Waals surface area contributed by atoms with Crippen molar-refractivity contribution in [1.82, 2.24) is 15.4 Å². The van der Waals surface area contributed by atoms with Gasteiger partial charge in [-0.05, 0) is 48.1 Å². The fraction of sp³-hybridized carbons (Fsp3) is 0. The molecule has 1 aliphatic heterocycles. The number of anilines is 1. The van der Waals surface area contributed by atoms with Gasteiger partial charge in [0.25, 0.3) is 5.91 Å². The van der Waals surface area contributed by atoms with Gasteiger partial charge in [-0.1, -0.05) is 41.0 Å². The maximum atomic E-state index is 12.5. The van der Waals surface area contributed by atoms with Gasteiger partial charge in [0.1, 0.15) is 0 Å². The van der Waals surface area contributed by atoms with Crippen LogP contribution in [0.4, 0.5) is 10.5 Å².